The van der Waals surface area contributed by atoms with Crippen LogP contribution in [0, 0.1) is 6.92 Å². The van der Waals surface area contributed by atoms with Crippen LogP contribution in [0.1, 0.15) is 42.6 Å². The van der Waals surface area contributed by atoms with Crippen LogP contribution in [0.3, 0.4) is 0 Å². The first-order valence-corrected chi connectivity index (χ1v) is 9.49. The summed E-state index contributed by atoms with van der Waals surface area (Å²) in [5, 5.41) is 11.2. The van der Waals surface area contributed by atoms with Crippen LogP contribution in [0.25, 0.3) is 0 Å². The Bertz CT molecular complexity index is 727. The van der Waals surface area contributed by atoms with Crippen molar-refractivity contribution < 1.29 is 9.84 Å². The highest BCUT2D eigenvalue weighted by atomic mass is 16.5. The molecule has 2 fully saturated rings. The first-order chi connectivity index (χ1) is 12.6. The number of piperidine rings is 1. The Kier molecular flexibility index (Phi) is 4.78. The molecule has 1 atom stereocenters. The van der Waals surface area contributed by atoms with E-state index in [1.54, 1.807) is 6.20 Å². The van der Waals surface area contributed by atoms with Gasteiger partial charge in [0.05, 0.1) is 23.6 Å². The number of rotatable bonds is 3. The Morgan fingerprint density at radius 2 is 1.96 bits per heavy atom. The molecule has 2 saturated heterocycles. The lowest BCUT2D eigenvalue weighted by Gasteiger charge is -2.49. The van der Waals surface area contributed by atoms with Crippen molar-refractivity contribution in [3.63, 3.8) is 0 Å². The fourth-order valence-corrected chi connectivity index (χ4v) is 4.23. The molecule has 0 aromatic carbocycles. The highest BCUT2D eigenvalue weighted by molar-refractivity contribution is 5.16. The maximum Gasteiger partial charge on any atom is 0.111 e. The van der Waals surface area contributed by atoms with Crippen molar-refractivity contribution in [2.24, 2.45) is 0 Å². The third-order valence-electron chi connectivity index (χ3n) is 5.81. The van der Waals surface area contributed by atoms with Gasteiger partial charge in [0.2, 0.25) is 0 Å². The van der Waals surface area contributed by atoms with Gasteiger partial charge in [-0.05, 0) is 43.5 Å². The van der Waals surface area contributed by atoms with E-state index in [1.165, 1.54) is 5.56 Å². The number of ether oxygens (including phenoxy) is 1. The molecule has 138 valence electrons. The Morgan fingerprint density at radius 1 is 1.12 bits per heavy atom. The topological polar surface area (TPSA) is 58.5 Å². The van der Waals surface area contributed by atoms with E-state index in [4.69, 9.17) is 4.74 Å². The van der Waals surface area contributed by atoms with E-state index < -0.39 is 5.60 Å². The summed E-state index contributed by atoms with van der Waals surface area (Å²) in [5.74, 6) is 0. The minimum Gasteiger partial charge on any atom is -0.383 e. The minimum absolute atomic E-state index is 0.234. The number of hydrogen-bond donors (Lipinski definition) is 1. The number of aromatic nitrogens is 2. The normalized spacial score (nSPS) is 26.1. The second-order valence-electron chi connectivity index (χ2n) is 7.81. The number of aryl methyl sites for hydroxylation is 1. The monoisotopic (exact) mass is 353 g/mol. The third kappa shape index (κ3) is 3.65. The second-order valence-corrected chi connectivity index (χ2v) is 7.81. The molecule has 2 aliphatic heterocycles. The van der Waals surface area contributed by atoms with Gasteiger partial charge in [-0.2, -0.15) is 0 Å². The highest BCUT2D eigenvalue weighted by Crippen LogP contribution is 2.43. The van der Waals surface area contributed by atoms with Gasteiger partial charge in [-0.3, -0.25) is 14.9 Å². The van der Waals surface area contributed by atoms with E-state index in [0.717, 1.165) is 43.9 Å². The summed E-state index contributed by atoms with van der Waals surface area (Å²) in [7, 11) is 0. The van der Waals surface area contributed by atoms with Gasteiger partial charge >= 0.3 is 0 Å². The molecule has 0 amide bonds. The molecule has 0 bridgehead atoms. The molecule has 1 unspecified atom stereocenters. The van der Waals surface area contributed by atoms with E-state index in [0.29, 0.717) is 19.4 Å². The molecule has 4 rings (SSSR count). The minimum atomic E-state index is -0.875. The molecular formula is C21H27N3O2. The van der Waals surface area contributed by atoms with Gasteiger partial charge in [0, 0.05) is 44.9 Å². The smallest absolute Gasteiger partial charge is 0.111 e. The number of likely N-dealkylation sites (tertiary alicyclic amines) is 1. The summed E-state index contributed by atoms with van der Waals surface area (Å²) in [4.78, 5) is 11.4. The van der Waals surface area contributed by atoms with E-state index in [1.807, 2.05) is 24.4 Å². The van der Waals surface area contributed by atoms with E-state index in [9.17, 15) is 5.11 Å². The summed E-state index contributed by atoms with van der Waals surface area (Å²) < 4.78 is 6.21. The SMILES string of the molecule is Cc1ccc(CN2CCC3(CC2)CC(O)(c2ccccn2)CCO3)nc1. The summed E-state index contributed by atoms with van der Waals surface area (Å²) in [6, 6.07) is 9.98. The fraction of sp³-hybridized carbons (Fsp3) is 0.524. The van der Waals surface area contributed by atoms with E-state index in [-0.39, 0.29) is 5.60 Å². The van der Waals surface area contributed by atoms with Gasteiger partial charge in [0.1, 0.15) is 5.60 Å². The average molecular weight is 353 g/mol. The first kappa shape index (κ1) is 17.6. The van der Waals surface area contributed by atoms with Gasteiger partial charge in [-0.1, -0.05) is 12.1 Å². The Morgan fingerprint density at radius 3 is 2.65 bits per heavy atom. The molecule has 5 nitrogen and oxygen atoms in total. The highest BCUT2D eigenvalue weighted by Gasteiger charge is 2.47. The first-order valence-electron chi connectivity index (χ1n) is 9.49. The van der Waals surface area contributed by atoms with Crippen molar-refractivity contribution >= 4 is 0 Å². The van der Waals surface area contributed by atoms with Crippen molar-refractivity contribution in [2.75, 3.05) is 19.7 Å². The van der Waals surface area contributed by atoms with Crippen molar-refractivity contribution in [3.05, 3.63) is 59.7 Å². The van der Waals surface area contributed by atoms with Crippen LogP contribution in [0.4, 0.5) is 0 Å². The molecule has 26 heavy (non-hydrogen) atoms. The lowest BCUT2D eigenvalue weighted by Crippen LogP contribution is -2.53. The van der Waals surface area contributed by atoms with Gasteiger partial charge in [0.25, 0.3) is 0 Å². The quantitative estimate of drug-likeness (QED) is 0.919. The molecule has 2 aromatic rings. The van der Waals surface area contributed by atoms with Crippen LogP contribution in [-0.4, -0.2) is 45.3 Å². The summed E-state index contributed by atoms with van der Waals surface area (Å²) in [5.41, 5.74) is 1.97. The zero-order chi connectivity index (χ0) is 18.0. The predicted octanol–water partition coefficient (Wildman–Crippen LogP) is 2.82. The van der Waals surface area contributed by atoms with E-state index >= 15 is 0 Å². The molecule has 1 N–H and O–H groups in total. The molecule has 2 aliphatic rings. The van der Waals surface area contributed by atoms with Gasteiger partial charge in [0.15, 0.2) is 0 Å². The Hall–Kier alpha value is -1.82. The van der Waals surface area contributed by atoms with Crippen LogP contribution < -0.4 is 0 Å². The molecule has 0 aliphatic carbocycles. The fourth-order valence-electron chi connectivity index (χ4n) is 4.23. The maximum atomic E-state index is 11.2. The third-order valence-corrected chi connectivity index (χ3v) is 5.81. The predicted molar refractivity (Wildman–Crippen MR) is 99.5 cm³/mol. The van der Waals surface area contributed by atoms with Crippen LogP contribution in [0.5, 0.6) is 0 Å². The van der Waals surface area contributed by atoms with E-state index in [2.05, 4.69) is 33.9 Å². The number of hydrogen-bond acceptors (Lipinski definition) is 5. The number of pyridine rings is 2. The molecule has 0 radical (unpaired) electrons. The number of aliphatic hydroxyl groups is 1. The Labute approximate surface area is 155 Å². The van der Waals surface area contributed by atoms with Crippen LogP contribution in [0.15, 0.2) is 42.7 Å². The summed E-state index contributed by atoms with van der Waals surface area (Å²) in [6.07, 6.45) is 6.81. The Balaban J connectivity index is 1.40. The van der Waals surface area contributed by atoms with Crippen LogP contribution >= 0.6 is 0 Å². The standard InChI is InChI=1S/C21H27N3O2/c1-17-5-6-18(23-14-17)15-24-11-7-20(8-12-24)16-21(25,9-13-26-20)19-4-2-3-10-22-19/h2-6,10,14,25H,7-9,11-13,15-16H2,1H3. The molecule has 5 heteroatoms. The molecule has 0 saturated carbocycles. The average Bonchev–Trinajstić information content (AvgIpc) is 2.66. The zero-order valence-electron chi connectivity index (χ0n) is 15.4. The molecule has 4 heterocycles. The summed E-state index contributed by atoms with van der Waals surface area (Å²) >= 11 is 0. The van der Waals surface area contributed by atoms with Crippen molar-refractivity contribution in [1.29, 1.82) is 0 Å². The molecule has 2 aromatic heterocycles. The molecular weight excluding hydrogens is 326 g/mol. The van der Waals surface area contributed by atoms with Crippen molar-refractivity contribution in [2.45, 2.75) is 50.4 Å². The second kappa shape index (κ2) is 7.06. The van der Waals surface area contributed by atoms with Gasteiger partial charge in [-0.15, -0.1) is 0 Å². The lowest BCUT2D eigenvalue weighted by atomic mass is 9.75. The van der Waals surface area contributed by atoms with Crippen LogP contribution in [0.2, 0.25) is 0 Å². The maximum absolute atomic E-state index is 11.2. The van der Waals surface area contributed by atoms with Gasteiger partial charge in [-0.25, -0.2) is 0 Å². The van der Waals surface area contributed by atoms with Gasteiger partial charge < -0.3 is 9.84 Å². The largest absolute Gasteiger partial charge is 0.383 e. The zero-order valence-corrected chi connectivity index (χ0v) is 15.4. The molecule has 1 spiro atoms. The van der Waals surface area contributed by atoms with Crippen LogP contribution in [-0.2, 0) is 16.9 Å². The lowest BCUT2D eigenvalue weighted by molar-refractivity contribution is -0.183. The summed E-state index contributed by atoms with van der Waals surface area (Å²) in [6.45, 7) is 5.46. The van der Waals surface area contributed by atoms with Crippen molar-refractivity contribution in [3.8, 4) is 0 Å². The number of nitrogens with zero attached hydrogens (tertiary/aromatic N) is 3. The van der Waals surface area contributed by atoms with Crippen molar-refractivity contribution in [1.82, 2.24) is 14.9 Å².